The first-order valence-corrected chi connectivity index (χ1v) is 6.69. The number of primary amides is 1. The number of hydrogen-bond donors (Lipinski definition) is 6. The number of ether oxygens (including phenoxy) is 1. The number of carbonyl (C=O) groups is 5. The summed E-state index contributed by atoms with van der Waals surface area (Å²) in [7, 11) is 0. The van der Waals surface area contributed by atoms with Gasteiger partial charge in [0.05, 0.1) is 12.8 Å². The molecule has 24 heavy (non-hydrogen) atoms. The first kappa shape index (κ1) is 21.1. The minimum Gasteiger partial charge on any atom is -0.481 e. The number of amides is 2. The van der Waals surface area contributed by atoms with Gasteiger partial charge in [0.2, 0.25) is 5.60 Å². The van der Waals surface area contributed by atoms with Gasteiger partial charge in [-0.15, -0.1) is 0 Å². The Bertz CT molecular complexity index is 504. The maximum atomic E-state index is 11.8. The van der Waals surface area contributed by atoms with Gasteiger partial charge in [-0.1, -0.05) is 0 Å². The summed E-state index contributed by atoms with van der Waals surface area (Å²) in [5.41, 5.74) is 7.56. The maximum Gasteiger partial charge on any atom is 0.349 e. The molecule has 1 atom stereocenters. The number of esters is 1. The Morgan fingerprint density at radius 2 is 1.54 bits per heavy atom. The van der Waals surface area contributed by atoms with E-state index < -0.39 is 54.4 Å². The molecule has 2 amide bonds. The Balaban J connectivity index is 4.95. The Kier molecular flexibility index (Phi) is 8.18. The molecule has 12 nitrogen and oxygen atoms in total. The average Bonchev–Trinajstić information content (AvgIpc) is 2.41. The lowest BCUT2D eigenvalue weighted by atomic mass is 9.95. The van der Waals surface area contributed by atoms with Crippen molar-refractivity contribution in [1.82, 2.24) is 5.32 Å². The highest BCUT2D eigenvalue weighted by molar-refractivity contribution is 5.91. The van der Waals surface area contributed by atoms with Crippen LogP contribution in [-0.4, -0.2) is 63.4 Å². The van der Waals surface area contributed by atoms with Crippen LogP contribution in [0, 0.1) is 0 Å². The van der Waals surface area contributed by atoms with Crippen molar-refractivity contribution in [2.45, 2.75) is 37.3 Å². The second-order valence-corrected chi connectivity index (χ2v) is 4.90. The quantitative estimate of drug-likeness (QED) is 0.179. The number of carbonyl (C=O) groups excluding carboxylic acids is 2. The van der Waals surface area contributed by atoms with Crippen LogP contribution >= 0.6 is 0 Å². The molecule has 0 heterocycles. The van der Waals surface area contributed by atoms with Gasteiger partial charge in [0, 0.05) is 6.54 Å². The summed E-state index contributed by atoms with van der Waals surface area (Å²) in [6, 6.07) is -2.11. The summed E-state index contributed by atoms with van der Waals surface area (Å²) < 4.78 is 4.62. The van der Waals surface area contributed by atoms with Crippen LogP contribution in [0.15, 0.2) is 0 Å². The fourth-order valence-electron chi connectivity index (χ4n) is 1.74. The fraction of sp³-hybridized carbons (Fsp3) is 0.583. The van der Waals surface area contributed by atoms with Crippen LogP contribution in [0.3, 0.4) is 0 Å². The Labute approximate surface area is 135 Å². The highest BCUT2D eigenvalue weighted by Gasteiger charge is 2.47. The SMILES string of the molecule is NC(=O)NCCC[C@H](N)C(=O)OC(CC(=O)O)(CC(=O)O)C(=O)O. The molecule has 0 saturated heterocycles. The van der Waals surface area contributed by atoms with E-state index in [-0.39, 0.29) is 19.4 Å². The zero-order valence-electron chi connectivity index (χ0n) is 12.6. The van der Waals surface area contributed by atoms with E-state index in [2.05, 4.69) is 10.1 Å². The summed E-state index contributed by atoms with van der Waals surface area (Å²) in [4.78, 5) is 55.2. The third-order valence-electron chi connectivity index (χ3n) is 2.85. The number of urea groups is 1. The van der Waals surface area contributed by atoms with Crippen LogP contribution in [0.4, 0.5) is 4.79 Å². The highest BCUT2D eigenvalue weighted by Crippen LogP contribution is 2.23. The van der Waals surface area contributed by atoms with E-state index in [1.165, 1.54) is 0 Å². The van der Waals surface area contributed by atoms with Crippen LogP contribution in [0.25, 0.3) is 0 Å². The summed E-state index contributed by atoms with van der Waals surface area (Å²) >= 11 is 0. The number of aliphatic carboxylic acids is 3. The maximum absolute atomic E-state index is 11.8. The topological polar surface area (TPSA) is 219 Å². The van der Waals surface area contributed by atoms with Gasteiger partial charge in [-0.05, 0) is 12.8 Å². The lowest BCUT2D eigenvalue weighted by Crippen LogP contribution is -2.50. The Hall–Kier alpha value is -2.89. The number of hydrogen-bond acceptors (Lipinski definition) is 7. The van der Waals surface area contributed by atoms with Gasteiger partial charge in [0.25, 0.3) is 0 Å². The molecule has 0 aromatic carbocycles. The number of nitrogens with two attached hydrogens (primary N) is 2. The van der Waals surface area contributed by atoms with Crippen molar-refractivity contribution in [1.29, 1.82) is 0 Å². The molecule has 0 saturated carbocycles. The van der Waals surface area contributed by atoms with Gasteiger partial charge in [-0.2, -0.15) is 0 Å². The van der Waals surface area contributed by atoms with Gasteiger partial charge < -0.3 is 36.8 Å². The van der Waals surface area contributed by atoms with Gasteiger partial charge >= 0.3 is 29.9 Å². The monoisotopic (exact) mass is 349 g/mol. The van der Waals surface area contributed by atoms with E-state index in [1.807, 2.05) is 0 Å². The zero-order chi connectivity index (χ0) is 18.9. The van der Waals surface area contributed by atoms with Crippen LogP contribution in [0.1, 0.15) is 25.7 Å². The van der Waals surface area contributed by atoms with Crippen LogP contribution < -0.4 is 16.8 Å². The summed E-state index contributed by atoms with van der Waals surface area (Å²) in [5, 5.41) is 28.9. The summed E-state index contributed by atoms with van der Waals surface area (Å²) in [5.74, 6) is -6.50. The first-order valence-electron chi connectivity index (χ1n) is 6.69. The predicted octanol–water partition coefficient (Wildman–Crippen LogP) is -1.92. The highest BCUT2D eigenvalue weighted by atomic mass is 16.6. The van der Waals surface area contributed by atoms with Crippen molar-refractivity contribution >= 4 is 29.9 Å². The average molecular weight is 349 g/mol. The van der Waals surface area contributed by atoms with E-state index in [4.69, 9.17) is 26.8 Å². The van der Waals surface area contributed by atoms with Gasteiger partial charge in [0.15, 0.2) is 0 Å². The van der Waals surface area contributed by atoms with E-state index in [9.17, 15) is 24.0 Å². The smallest absolute Gasteiger partial charge is 0.349 e. The van der Waals surface area contributed by atoms with Crippen molar-refractivity contribution in [3.8, 4) is 0 Å². The lowest BCUT2D eigenvalue weighted by molar-refractivity contribution is -0.187. The minimum absolute atomic E-state index is 0.0328. The second kappa shape index (κ2) is 9.29. The number of nitrogens with one attached hydrogen (secondary N) is 1. The first-order chi connectivity index (χ1) is 11.0. The predicted molar refractivity (Wildman–Crippen MR) is 75.8 cm³/mol. The third-order valence-corrected chi connectivity index (χ3v) is 2.85. The van der Waals surface area contributed by atoms with Crippen molar-refractivity contribution in [3.63, 3.8) is 0 Å². The third kappa shape index (κ3) is 7.40. The molecule has 0 bridgehead atoms. The molecule has 12 heteroatoms. The van der Waals surface area contributed by atoms with Gasteiger partial charge in [-0.3, -0.25) is 14.4 Å². The molecule has 0 aliphatic rings. The molecular formula is C12H19N3O9. The molecule has 0 unspecified atom stereocenters. The van der Waals surface area contributed by atoms with Crippen molar-refractivity contribution in [2.24, 2.45) is 11.5 Å². The summed E-state index contributed by atoms with van der Waals surface area (Å²) in [6.45, 7) is 0.102. The normalized spacial score (nSPS) is 12.0. The zero-order valence-corrected chi connectivity index (χ0v) is 12.6. The molecule has 136 valence electrons. The van der Waals surface area contributed by atoms with Crippen LogP contribution in [0.2, 0.25) is 0 Å². The molecule has 0 aromatic rings. The Morgan fingerprint density at radius 3 is 1.92 bits per heavy atom. The van der Waals surface area contributed by atoms with Gasteiger partial charge in [-0.25, -0.2) is 9.59 Å². The molecule has 0 aliphatic carbocycles. The van der Waals surface area contributed by atoms with Crippen molar-refractivity contribution in [3.05, 3.63) is 0 Å². The Morgan fingerprint density at radius 1 is 1.04 bits per heavy atom. The largest absolute Gasteiger partial charge is 0.481 e. The van der Waals surface area contributed by atoms with Crippen LogP contribution in [0.5, 0.6) is 0 Å². The van der Waals surface area contributed by atoms with E-state index in [0.717, 1.165) is 0 Å². The molecule has 0 rings (SSSR count). The van der Waals surface area contributed by atoms with E-state index in [1.54, 1.807) is 0 Å². The van der Waals surface area contributed by atoms with Crippen molar-refractivity contribution < 1.29 is 44.0 Å². The summed E-state index contributed by atoms with van der Waals surface area (Å²) in [6.07, 6.45) is -2.31. The molecule has 0 aliphatic heterocycles. The fourth-order valence-corrected chi connectivity index (χ4v) is 1.74. The standard InChI is InChI=1S/C12H19N3O9/c13-6(2-1-3-15-11(14)23)9(20)24-12(10(21)22,4-7(16)17)5-8(18)19/h6H,1-5,13H2,(H,16,17)(H,18,19)(H,21,22)(H3,14,15,23)/t6-/m0/s1. The second-order valence-electron chi connectivity index (χ2n) is 4.90. The number of carboxylic acid groups (broad SMARTS) is 3. The molecule has 0 spiro atoms. The lowest BCUT2D eigenvalue weighted by Gasteiger charge is -2.27. The van der Waals surface area contributed by atoms with Crippen molar-refractivity contribution in [2.75, 3.05) is 6.54 Å². The molecular weight excluding hydrogens is 330 g/mol. The molecule has 0 radical (unpaired) electrons. The number of carboxylic acids is 3. The molecule has 0 aromatic heterocycles. The van der Waals surface area contributed by atoms with Crippen LogP contribution in [-0.2, 0) is 23.9 Å². The van der Waals surface area contributed by atoms with E-state index in [0.29, 0.717) is 0 Å². The van der Waals surface area contributed by atoms with E-state index >= 15 is 0 Å². The number of rotatable bonds is 11. The molecule has 0 fully saturated rings. The minimum atomic E-state index is -2.77. The van der Waals surface area contributed by atoms with Gasteiger partial charge in [0.1, 0.15) is 6.04 Å². The molecule has 8 N–H and O–H groups in total.